The van der Waals surface area contributed by atoms with Gasteiger partial charge in [-0.1, -0.05) is 0 Å². The normalized spacial score (nSPS) is 17.0. The smallest absolute Gasteiger partial charge is 0.226 e. The fourth-order valence-corrected chi connectivity index (χ4v) is 1.82. The summed E-state index contributed by atoms with van der Waals surface area (Å²) >= 11 is 0. The summed E-state index contributed by atoms with van der Waals surface area (Å²) in [6.45, 7) is 8.14. The Morgan fingerprint density at radius 2 is 2.00 bits per heavy atom. The van der Waals surface area contributed by atoms with Crippen molar-refractivity contribution < 1.29 is 4.74 Å². The van der Waals surface area contributed by atoms with E-state index in [-0.39, 0.29) is 6.10 Å². The molecule has 1 fully saturated rings. The summed E-state index contributed by atoms with van der Waals surface area (Å²) in [4.78, 5) is 8.77. The van der Waals surface area contributed by atoms with Gasteiger partial charge in [0, 0.05) is 17.8 Å². The summed E-state index contributed by atoms with van der Waals surface area (Å²) < 4.78 is 5.60. The second kappa shape index (κ2) is 4.90. The van der Waals surface area contributed by atoms with Crippen molar-refractivity contribution in [2.45, 2.75) is 52.7 Å². The predicted molar refractivity (Wildman–Crippen MR) is 68.3 cm³/mol. The monoisotopic (exact) mass is 235 g/mol. The van der Waals surface area contributed by atoms with Crippen LogP contribution < -0.4 is 10.1 Å². The molecule has 4 nitrogen and oxygen atoms in total. The van der Waals surface area contributed by atoms with E-state index in [1.165, 1.54) is 12.8 Å². The lowest BCUT2D eigenvalue weighted by molar-refractivity contribution is 0.232. The van der Waals surface area contributed by atoms with Gasteiger partial charge >= 0.3 is 0 Å². The third kappa shape index (κ3) is 3.58. The van der Waals surface area contributed by atoms with E-state index in [9.17, 15) is 0 Å². The van der Waals surface area contributed by atoms with Gasteiger partial charge in [-0.3, -0.25) is 0 Å². The molecule has 1 N–H and O–H groups in total. The zero-order valence-electron chi connectivity index (χ0n) is 11.0. The molecule has 1 aliphatic rings. The third-order valence-electron chi connectivity index (χ3n) is 2.87. The molecule has 1 unspecified atom stereocenters. The molecule has 0 spiro atoms. The lowest BCUT2D eigenvalue weighted by Crippen LogP contribution is -2.19. The molecule has 0 radical (unpaired) electrons. The van der Waals surface area contributed by atoms with Crippen LogP contribution in [0, 0.1) is 12.8 Å². The molecule has 1 aromatic heterocycles. The molecule has 94 valence electrons. The number of rotatable bonds is 5. The summed E-state index contributed by atoms with van der Waals surface area (Å²) in [5.41, 5.74) is 0.932. The van der Waals surface area contributed by atoms with Crippen LogP contribution in [-0.2, 0) is 0 Å². The van der Waals surface area contributed by atoms with Crippen LogP contribution in [0.1, 0.15) is 39.3 Å². The van der Waals surface area contributed by atoms with Crippen LogP contribution in [-0.4, -0.2) is 22.1 Å². The number of aryl methyl sites for hydroxylation is 1. The average Bonchev–Trinajstić information content (AvgIpc) is 2.97. The average molecular weight is 235 g/mol. The van der Waals surface area contributed by atoms with Gasteiger partial charge in [-0.25, -0.2) is 4.98 Å². The van der Waals surface area contributed by atoms with Crippen LogP contribution in [0.2, 0.25) is 0 Å². The summed E-state index contributed by atoms with van der Waals surface area (Å²) in [5, 5.41) is 3.36. The van der Waals surface area contributed by atoms with E-state index in [4.69, 9.17) is 4.74 Å². The number of hydrogen-bond donors (Lipinski definition) is 1. The van der Waals surface area contributed by atoms with Crippen molar-refractivity contribution >= 4 is 5.95 Å². The third-order valence-corrected chi connectivity index (χ3v) is 2.87. The molecular weight excluding hydrogens is 214 g/mol. The number of nitrogens with one attached hydrogen (secondary N) is 1. The molecule has 1 atom stereocenters. The molecule has 4 heteroatoms. The van der Waals surface area contributed by atoms with E-state index in [0.29, 0.717) is 17.9 Å². The molecule has 0 aliphatic heterocycles. The fraction of sp³-hybridized carbons (Fsp3) is 0.692. The molecule has 1 aliphatic carbocycles. The molecule has 0 saturated heterocycles. The molecule has 17 heavy (non-hydrogen) atoms. The zero-order chi connectivity index (χ0) is 12.4. The van der Waals surface area contributed by atoms with E-state index >= 15 is 0 Å². The van der Waals surface area contributed by atoms with Gasteiger partial charge in [-0.2, -0.15) is 4.98 Å². The quantitative estimate of drug-likeness (QED) is 0.852. The van der Waals surface area contributed by atoms with E-state index in [2.05, 4.69) is 22.2 Å². The molecule has 1 saturated carbocycles. The highest BCUT2D eigenvalue weighted by atomic mass is 16.5. The van der Waals surface area contributed by atoms with Crippen LogP contribution >= 0.6 is 0 Å². The standard InChI is InChI=1S/C13H21N3O/c1-8(2)17-12-7-9(3)14-13(16-12)15-10(4)11-5-6-11/h7-8,10-11H,5-6H2,1-4H3,(H,14,15,16). The van der Waals surface area contributed by atoms with Crippen LogP contribution in [0.3, 0.4) is 0 Å². The highest BCUT2D eigenvalue weighted by Crippen LogP contribution is 2.33. The Kier molecular flexibility index (Phi) is 3.50. The summed E-state index contributed by atoms with van der Waals surface area (Å²) in [5.74, 6) is 2.12. The lowest BCUT2D eigenvalue weighted by Gasteiger charge is -2.15. The number of ether oxygens (including phenoxy) is 1. The van der Waals surface area contributed by atoms with Gasteiger partial charge in [0.2, 0.25) is 11.8 Å². The fourth-order valence-electron chi connectivity index (χ4n) is 1.82. The van der Waals surface area contributed by atoms with E-state index in [0.717, 1.165) is 11.6 Å². The number of aromatic nitrogens is 2. The van der Waals surface area contributed by atoms with Gasteiger partial charge < -0.3 is 10.1 Å². The topological polar surface area (TPSA) is 47.0 Å². The van der Waals surface area contributed by atoms with Gasteiger partial charge in [-0.05, 0) is 46.5 Å². The molecular formula is C13H21N3O. The highest BCUT2D eigenvalue weighted by molar-refractivity contribution is 5.32. The van der Waals surface area contributed by atoms with Crippen LogP contribution in [0.15, 0.2) is 6.07 Å². The van der Waals surface area contributed by atoms with E-state index in [1.54, 1.807) is 0 Å². The minimum atomic E-state index is 0.137. The maximum atomic E-state index is 5.60. The Morgan fingerprint density at radius 3 is 2.59 bits per heavy atom. The Morgan fingerprint density at radius 1 is 1.29 bits per heavy atom. The Labute approximate surface area is 103 Å². The predicted octanol–water partition coefficient (Wildman–Crippen LogP) is 2.78. The largest absolute Gasteiger partial charge is 0.475 e. The van der Waals surface area contributed by atoms with E-state index < -0.39 is 0 Å². The van der Waals surface area contributed by atoms with Crippen molar-refractivity contribution in [1.29, 1.82) is 0 Å². The Bertz CT molecular complexity index is 388. The van der Waals surface area contributed by atoms with Gasteiger partial charge in [0.25, 0.3) is 0 Å². The van der Waals surface area contributed by atoms with Gasteiger partial charge in [0.15, 0.2) is 0 Å². The maximum Gasteiger partial charge on any atom is 0.226 e. The van der Waals surface area contributed by atoms with Crippen molar-refractivity contribution in [2.75, 3.05) is 5.32 Å². The minimum Gasteiger partial charge on any atom is -0.475 e. The first-order chi connectivity index (χ1) is 8.04. The number of nitrogens with zero attached hydrogens (tertiary/aromatic N) is 2. The van der Waals surface area contributed by atoms with Crippen molar-refractivity contribution in [3.8, 4) is 5.88 Å². The Hall–Kier alpha value is -1.32. The summed E-state index contributed by atoms with van der Waals surface area (Å²) in [7, 11) is 0. The molecule has 2 rings (SSSR count). The van der Waals surface area contributed by atoms with Gasteiger partial charge in [-0.15, -0.1) is 0 Å². The van der Waals surface area contributed by atoms with Gasteiger partial charge in [0.05, 0.1) is 6.10 Å². The first kappa shape index (κ1) is 12.1. The van der Waals surface area contributed by atoms with Crippen molar-refractivity contribution in [3.05, 3.63) is 11.8 Å². The second-order valence-electron chi connectivity index (χ2n) is 5.11. The van der Waals surface area contributed by atoms with Gasteiger partial charge in [0.1, 0.15) is 0 Å². The van der Waals surface area contributed by atoms with Crippen molar-refractivity contribution in [1.82, 2.24) is 9.97 Å². The zero-order valence-corrected chi connectivity index (χ0v) is 11.0. The molecule has 0 amide bonds. The second-order valence-corrected chi connectivity index (χ2v) is 5.11. The summed E-state index contributed by atoms with van der Waals surface area (Å²) in [6.07, 6.45) is 2.77. The van der Waals surface area contributed by atoms with Crippen LogP contribution in [0.25, 0.3) is 0 Å². The van der Waals surface area contributed by atoms with Crippen LogP contribution in [0.5, 0.6) is 5.88 Å². The summed E-state index contributed by atoms with van der Waals surface area (Å²) in [6, 6.07) is 2.32. The SMILES string of the molecule is Cc1cc(OC(C)C)nc(NC(C)C2CC2)n1. The lowest BCUT2D eigenvalue weighted by atomic mass is 10.2. The van der Waals surface area contributed by atoms with Crippen LogP contribution in [0.4, 0.5) is 5.95 Å². The molecule has 0 bridgehead atoms. The highest BCUT2D eigenvalue weighted by Gasteiger charge is 2.28. The molecule has 0 aromatic carbocycles. The van der Waals surface area contributed by atoms with E-state index in [1.807, 2.05) is 26.8 Å². The maximum absolute atomic E-state index is 5.60. The Balaban J connectivity index is 2.07. The first-order valence-corrected chi connectivity index (χ1v) is 6.33. The number of hydrogen-bond acceptors (Lipinski definition) is 4. The number of anilines is 1. The van der Waals surface area contributed by atoms with Crippen molar-refractivity contribution in [2.24, 2.45) is 5.92 Å². The van der Waals surface area contributed by atoms with Crippen molar-refractivity contribution in [3.63, 3.8) is 0 Å². The molecule has 1 heterocycles. The first-order valence-electron chi connectivity index (χ1n) is 6.33. The molecule has 1 aromatic rings. The minimum absolute atomic E-state index is 0.137.